The zero-order valence-corrected chi connectivity index (χ0v) is 42.1. The maximum absolute atomic E-state index is 12.8. The molecule has 0 rings (SSSR count). The van der Waals surface area contributed by atoms with E-state index >= 15 is 0 Å². The zero-order valence-electron chi connectivity index (χ0n) is 42.1. The Morgan fingerprint density at radius 2 is 0.571 bits per heavy atom. The third-order valence-corrected chi connectivity index (χ3v) is 12.1. The van der Waals surface area contributed by atoms with Crippen molar-refractivity contribution in [1.82, 2.24) is 0 Å². The van der Waals surface area contributed by atoms with Crippen LogP contribution >= 0.6 is 0 Å². The Morgan fingerprint density at radius 3 is 0.921 bits per heavy atom. The van der Waals surface area contributed by atoms with E-state index in [9.17, 15) is 14.4 Å². The van der Waals surface area contributed by atoms with Crippen molar-refractivity contribution in [1.29, 1.82) is 0 Å². The fourth-order valence-corrected chi connectivity index (χ4v) is 7.94. The van der Waals surface area contributed by atoms with E-state index in [1.165, 1.54) is 161 Å². The Hall–Kier alpha value is -2.37. The number of esters is 3. The minimum absolute atomic E-state index is 0.0772. The van der Waals surface area contributed by atoms with Crippen molar-refractivity contribution in [3.05, 3.63) is 36.5 Å². The van der Waals surface area contributed by atoms with E-state index in [4.69, 9.17) is 14.2 Å². The SMILES string of the molecule is CCCCC/C=C\C/C=C\CCCCCCCC(=O)O[C@H](COC(=O)CCCCCCC/C=C\CCCCCCC)COC(=O)CCCCCCCCCCCCCCCCCC. The van der Waals surface area contributed by atoms with Gasteiger partial charge in [-0.15, -0.1) is 0 Å². The standard InChI is InChI=1S/C57H104O6/c1-4-7-10-13-16-19-22-25-28-30-32-35-38-41-44-47-50-56(59)62-53-54(52-61-55(58)49-46-43-40-37-34-31-27-24-21-18-15-12-9-6-3)63-57(60)51-48-45-42-39-36-33-29-26-23-20-17-14-11-8-5-2/h17,20,24,26-27,29,54H,4-16,18-19,21-23,25,28,30-53H2,1-3H3/b20-17-,27-24-,29-26-/t54-/m1/s1. The van der Waals surface area contributed by atoms with Gasteiger partial charge in [-0.1, -0.05) is 231 Å². The van der Waals surface area contributed by atoms with Crippen LogP contribution in [0, 0.1) is 0 Å². The van der Waals surface area contributed by atoms with Gasteiger partial charge >= 0.3 is 17.9 Å². The summed E-state index contributed by atoms with van der Waals surface area (Å²) in [5, 5.41) is 0. The van der Waals surface area contributed by atoms with Gasteiger partial charge in [0.25, 0.3) is 0 Å². The first-order valence-corrected chi connectivity index (χ1v) is 27.5. The highest BCUT2D eigenvalue weighted by Crippen LogP contribution is 2.16. The number of hydrogen-bond donors (Lipinski definition) is 0. The Kier molecular flexibility index (Phi) is 50.3. The first-order chi connectivity index (χ1) is 31.0. The average Bonchev–Trinajstić information content (AvgIpc) is 3.28. The number of hydrogen-bond acceptors (Lipinski definition) is 6. The molecule has 63 heavy (non-hydrogen) atoms. The number of carbonyl (C=O) groups excluding carboxylic acids is 3. The first kappa shape index (κ1) is 60.6. The minimum Gasteiger partial charge on any atom is -0.462 e. The van der Waals surface area contributed by atoms with E-state index in [1.54, 1.807) is 0 Å². The molecule has 0 radical (unpaired) electrons. The molecular formula is C57H104O6. The van der Waals surface area contributed by atoms with Crippen LogP contribution in [0.2, 0.25) is 0 Å². The van der Waals surface area contributed by atoms with Crippen LogP contribution in [0.3, 0.4) is 0 Å². The lowest BCUT2D eigenvalue weighted by molar-refractivity contribution is -0.167. The van der Waals surface area contributed by atoms with Crippen LogP contribution in [-0.4, -0.2) is 37.2 Å². The molecule has 0 aliphatic heterocycles. The highest BCUT2D eigenvalue weighted by atomic mass is 16.6. The molecule has 0 heterocycles. The average molecular weight is 885 g/mol. The van der Waals surface area contributed by atoms with Gasteiger partial charge in [0.15, 0.2) is 6.10 Å². The number of rotatable bonds is 50. The normalized spacial score (nSPS) is 12.2. The summed E-state index contributed by atoms with van der Waals surface area (Å²) in [7, 11) is 0. The second-order valence-corrected chi connectivity index (χ2v) is 18.5. The van der Waals surface area contributed by atoms with Crippen LogP contribution in [0.15, 0.2) is 36.5 Å². The number of ether oxygens (including phenoxy) is 3. The molecule has 0 unspecified atom stereocenters. The molecule has 0 aromatic rings. The summed E-state index contributed by atoms with van der Waals surface area (Å²) < 4.78 is 16.8. The summed E-state index contributed by atoms with van der Waals surface area (Å²) in [5.41, 5.74) is 0. The molecule has 6 nitrogen and oxygen atoms in total. The van der Waals surface area contributed by atoms with E-state index in [0.717, 1.165) is 89.9 Å². The highest BCUT2D eigenvalue weighted by molar-refractivity contribution is 5.71. The summed E-state index contributed by atoms with van der Waals surface area (Å²) in [6, 6.07) is 0. The van der Waals surface area contributed by atoms with Gasteiger partial charge in [0.2, 0.25) is 0 Å². The monoisotopic (exact) mass is 885 g/mol. The fourth-order valence-electron chi connectivity index (χ4n) is 7.94. The van der Waals surface area contributed by atoms with Gasteiger partial charge in [0, 0.05) is 19.3 Å². The van der Waals surface area contributed by atoms with Gasteiger partial charge in [-0.3, -0.25) is 14.4 Å². The van der Waals surface area contributed by atoms with Crippen LogP contribution in [-0.2, 0) is 28.6 Å². The molecule has 0 spiro atoms. The third-order valence-electron chi connectivity index (χ3n) is 12.1. The molecule has 0 N–H and O–H groups in total. The predicted octanol–water partition coefficient (Wildman–Crippen LogP) is 18.1. The number of allylic oxidation sites excluding steroid dienone is 6. The molecule has 0 saturated carbocycles. The minimum atomic E-state index is -0.779. The summed E-state index contributed by atoms with van der Waals surface area (Å²) in [4.78, 5) is 38.0. The molecule has 0 bridgehead atoms. The maximum atomic E-state index is 12.8. The lowest BCUT2D eigenvalue weighted by atomic mass is 10.0. The van der Waals surface area contributed by atoms with E-state index < -0.39 is 6.10 Å². The van der Waals surface area contributed by atoms with Crippen molar-refractivity contribution >= 4 is 17.9 Å². The van der Waals surface area contributed by atoms with Crippen molar-refractivity contribution < 1.29 is 28.6 Å². The quantitative estimate of drug-likeness (QED) is 0.0262. The second kappa shape index (κ2) is 52.3. The van der Waals surface area contributed by atoms with Gasteiger partial charge in [0.05, 0.1) is 0 Å². The predicted molar refractivity (Wildman–Crippen MR) is 270 cm³/mol. The van der Waals surface area contributed by atoms with E-state index in [1.807, 2.05) is 0 Å². The molecule has 0 aliphatic rings. The first-order valence-electron chi connectivity index (χ1n) is 27.5. The van der Waals surface area contributed by atoms with Crippen LogP contribution in [0.5, 0.6) is 0 Å². The summed E-state index contributed by atoms with van der Waals surface area (Å²) in [6.07, 6.45) is 61.2. The molecule has 0 saturated heterocycles. The summed E-state index contributed by atoms with van der Waals surface area (Å²) in [5.74, 6) is -0.886. The molecule has 1 atom stereocenters. The highest BCUT2D eigenvalue weighted by Gasteiger charge is 2.19. The van der Waals surface area contributed by atoms with Gasteiger partial charge in [-0.2, -0.15) is 0 Å². The lowest BCUT2D eigenvalue weighted by Gasteiger charge is -2.18. The Labute approximate surface area is 391 Å². The van der Waals surface area contributed by atoms with Gasteiger partial charge in [-0.05, 0) is 77.0 Å². The molecule has 0 aromatic carbocycles. The molecule has 0 fully saturated rings. The molecule has 0 aromatic heterocycles. The fraction of sp³-hybridized carbons (Fsp3) is 0.842. The third kappa shape index (κ3) is 50.5. The second-order valence-electron chi connectivity index (χ2n) is 18.5. The molecule has 0 amide bonds. The molecule has 6 heteroatoms. The van der Waals surface area contributed by atoms with Crippen molar-refractivity contribution in [2.45, 2.75) is 297 Å². The van der Waals surface area contributed by atoms with Crippen molar-refractivity contribution in [2.75, 3.05) is 13.2 Å². The topological polar surface area (TPSA) is 78.9 Å². The van der Waals surface area contributed by atoms with E-state index in [0.29, 0.717) is 19.3 Å². The summed E-state index contributed by atoms with van der Waals surface area (Å²) >= 11 is 0. The number of unbranched alkanes of at least 4 members (excludes halogenated alkanes) is 33. The zero-order chi connectivity index (χ0) is 45.8. The van der Waals surface area contributed by atoms with Gasteiger partial charge in [0.1, 0.15) is 13.2 Å². The van der Waals surface area contributed by atoms with Crippen LogP contribution in [0.25, 0.3) is 0 Å². The maximum Gasteiger partial charge on any atom is 0.306 e. The molecule has 368 valence electrons. The van der Waals surface area contributed by atoms with Crippen molar-refractivity contribution in [3.8, 4) is 0 Å². The van der Waals surface area contributed by atoms with E-state index in [-0.39, 0.29) is 31.1 Å². The smallest absolute Gasteiger partial charge is 0.306 e. The van der Waals surface area contributed by atoms with Gasteiger partial charge < -0.3 is 14.2 Å². The Morgan fingerprint density at radius 1 is 0.317 bits per heavy atom. The van der Waals surface area contributed by atoms with Crippen molar-refractivity contribution in [2.24, 2.45) is 0 Å². The number of carbonyl (C=O) groups is 3. The lowest BCUT2D eigenvalue weighted by Crippen LogP contribution is -2.30. The van der Waals surface area contributed by atoms with Crippen LogP contribution < -0.4 is 0 Å². The Balaban J connectivity index is 4.37. The molecule has 0 aliphatic carbocycles. The Bertz CT molecular complexity index is 1060. The van der Waals surface area contributed by atoms with Crippen LogP contribution in [0.4, 0.5) is 0 Å². The molecular weight excluding hydrogens is 781 g/mol. The largest absolute Gasteiger partial charge is 0.462 e. The van der Waals surface area contributed by atoms with Gasteiger partial charge in [-0.25, -0.2) is 0 Å². The summed E-state index contributed by atoms with van der Waals surface area (Å²) in [6.45, 7) is 6.62. The van der Waals surface area contributed by atoms with Crippen LogP contribution in [0.1, 0.15) is 290 Å². The van der Waals surface area contributed by atoms with E-state index in [2.05, 4.69) is 57.2 Å². The van der Waals surface area contributed by atoms with Crippen molar-refractivity contribution in [3.63, 3.8) is 0 Å².